The van der Waals surface area contributed by atoms with Crippen molar-refractivity contribution >= 4 is 51.0 Å². The smallest absolute Gasteiger partial charge is 0.332 e. The Kier molecular flexibility index (Phi) is 7.71. The highest BCUT2D eigenvalue weighted by molar-refractivity contribution is 6.92. The lowest BCUT2D eigenvalue weighted by Gasteiger charge is -2.48. The first-order valence-electron chi connectivity index (χ1n) is 21.1. The number of hydrogen-bond donors (Lipinski definition) is 0. The third-order valence-corrected chi connectivity index (χ3v) is 13.2. The summed E-state index contributed by atoms with van der Waals surface area (Å²) >= 11 is 0. The van der Waals surface area contributed by atoms with Gasteiger partial charge in [-0.05, 0) is 91.8 Å². The minimum Gasteiger partial charge on any atom is -0.375 e. The van der Waals surface area contributed by atoms with E-state index in [1.165, 1.54) is 105 Å². The van der Waals surface area contributed by atoms with Gasteiger partial charge in [0.2, 0.25) is 0 Å². The predicted octanol–water partition coefficient (Wildman–Crippen LogP) is 13.3. The van der Waals surface area contributed by atoms with Crippen LogP contribution in [0.2, 0.25) is 0 Å². The Morgan fingerprint density at radius 3 is 1.40 bits per heavy atom. The van der Waals surface area contributed by atoms with Crippen molar-refractivity contribution in [2.45, 2.75) is 19.3 Å². The van der Waals surface area contributed by atoms with E-state index in [1.807, 2.05) is 0 Å². The molecule has 0 aliphatic carbocycles. The molecular formula is C57H41BN2. The minimum absolute atomic E-state index is 0.148. The quantitative estimate of drug-likeness (QED) is 0.159. The maximum Gasteiger partial charge on any atom is 0.332 e. The van der Waals surface area contributed by atoms with Crippen LogP contribution < -0.4 is 15.7 Å². The normalized spacial score (nSPS) is 13.6. The molecule has 0 saturated carbocycles. The van der Waals surface area contributed by atoms with Gasteiger partial charge in [-0.25, -0.2) is 0 Å². The first-order valence-corrected chi connectivity index (χ1v) is 21.1. The van der Waals surface area contributed by atoms with Crippen LogP contribution in [0.4, 0.5) is 11.4 Å². The molecule has 2 aliphatic rings. The van der Waals surface area contributed by atoms with Crippen molar-refractivity contribution in [1.82, 2.24) is 4.57 Å². The molecule has 3 heteroatoms. The van der Waals surface area contributed by atoms with Gasteiger partial charge in [-0.3, -0.25) is 0 Å². The summed E-state index contributed by atoms with van der Waals surface area (Å²) in [6.07, 6.45) is 0. The van der Waals surface area contributed by atoms with Gasteiger partial charge in [-0.1, -0.05) is 190 Å². The third kappa shape index (κ3) is 5.09. The number of para-hydroxylation sites is 3. The van der Waals surface area contributed by atoms with Crippen LogP contribution in [0.15, 0.2) is 212 Å². The Labute approximate surface area is 351 Å². The summed E-state index contributed by atoms with van der Waals surface area (Å²) in [6.45, 7) is 4.75. The van der Waals surface area contributed by atoms with E-state index in [1.54, 1.807) is 0 Å². The van der Waals surface area contributed by atoms with Crippen molar-refractivity contribution in [2.75, 3.05) is 4.81 Å². The van der Waals surface area contributed by atoms with Gasteiger partial charge in [-0.15, -0.1) is 0 Å². The van der Waals surface area contributed by atoms with E-state index in [9.17, 15) is 0 Å². The van der Waals surface area contributed by atoms with E-state index < -0.39 is 0 Å². The molecule has 0 atom stereocenters. The Balaban J connectivity index is 1.28. The maximum absolute atomic E-state index is 2.76. The molecule has 60 heavy (non-hydrogen) atoms. The first kappa shape index (κ1) is 34.7. The molecule has 282 valence electrons. The average Bonchev–Trinajstić information content (AvgIpc) is 3.66. The summed E-state index contributed by atoms with van der Waals surface area (Å²) in [5.74, 6) is 0. The second-order valence-corrected chi connectivity index (χ2v) is 16.9. The zero-order valence-corrected chi connectivity index (χ0v) is 33.7. The van der Waals surface area contributed by atoms with Crippen molar-refractivity contribution in [1.29, 1.82) is 0 Å². The lowest BCUT2D eigenvalue weighted by molar-refractivity contribution is 0.635. The molecule has 0 saturated heterocycles. The van der Waals surface area contributed by atoms with Gasteiger partial charge in [0.25, 0.3) is 0 Å². The zero-order chi connectivity index (χ0) is 40.0. The molecule has 1 aromatic heterocycles. The molecule has 9 aromatic carbocycles. The summed E-state index contributed by atoms with van der Waals surface area (Å²) in [6, 6.07) is 78.8. The number of nitrogens with zero attached hydrogens (tertiary/aromatic N) is 2. The van der Waals surface area contributed by atoms with E-state index in [2.05, 4.69) is 236 Å². The molecule has 3 heterocycles. The maximum atomic E-state index is 2.76. The van der Waals surface area contributed by atoms with Crippen LogP contribution in [0.25, 0.3) is 72.0 Å². The number of fused-ring (bicyclic) bond motifs is 7. The summed E-state index contributed by atoms with van der Waals surface area (Å²) < 4.78 is 2.52. The Hall–Kier alpha value is -7.36. The van der Waals surface area contributed by atoms with Gasteiger partial charge in [-0.2, -0.15) is 0 Å². The Morgan fingerprint density at radius 1 is 0.383 bits per heavy atom. The van der Waals surface area contributed by atoms with Crippen molar-refractivity contribution in [3.8, 4) is 50.2 Å². The number of rotatable bonds is 5. The Morgan fingerprint density at radius 2 is 0.833 bits per heavy atom. The van der Waals surface area contributed by atoms with Crippen LogP contribution in [-0.4, -0.2) is 11.4 Å². The highest BCUT2D eigenvalue weighted by Gasteiger charge is 2.47. The third-order valence-electron chi connectivity index (χ3n) is 13.2. The van der Waals surface area contributed by atoms with E-state index in [0.717, 1.165) is 0 Å². The largest absolute Gasteiger partial charge is 0.375 e. The summed E-state index contributed by atoms with van der Waals surface area (Å²) in [4.78, 5) is 2.76. The van der Waals surface area contributed by atoms with Crippen molar-refractivity contribution in [3.63, 3.8) is 0 Å². The van der Waals surface area contributed by atoms with Gasteiger partial charge < -0.3 is 9.38 Å². The van der Waals surface area contributed by atoms with E-state index >= 15 is 0 Å². The van der Waals surface area contributed by atoms with Crippen molar-refractivity contribution < 1.29 is 0 Å². The highest BCUT2D eigenvalue weighted by Crippen LogP contribution is 2.57. The van der Waals surface area contributed by atoms with Crippen LogP contribution in [0.3, 0.4) is 0 Å². The van der Waals surface area contributed by atoms with Gasteiger partial charge in [0.1, 0.15) is 0 Å². The van der Waals surface area contributed by atoms with E-state index in [-0.39, 0.29) is 12.3 Å². The molecule has 0 bridgehead atoms. The number of anilines is 2. The summed E-state index contributed by atoms with van der Waals surface area (Å²) in [5.41, 5.74) is 20.8. The topological polar surface area (TPSA) is 8.17 Å². The fraction of sp³-hybridized carbons (Fsp3) is 0.0526. The van der Waals surface area contributed by atoms with Crippen LogP contribution in [0, 0.1) is 0 Å². The molecule has 10 aromatic rings. The predicted molar refractivity (Wildman–Crippen MR) is 255 cm³/mol. The lowest BCUT2D eigenvalue weighted by atomic mass is 9.45. The van der Waals surface area contributed by atoms with Gasteiger partial charge in [0.05, 0.1) is 11.0 Å². The Bertz CT molecular complexity index is 3140. The summed E-state index contributed by atoms with van der Waals surface area (Å²) in [7, 11) is 0. The molecule has 0 unspecified atom stereocenters. The number of hydrogen-bond acceptors (Lipinski definition) is 1. The van der Waals surface area contributed by atoms with Crippen molar-refractivity contribution in [2.24, 2.45) is 0 Å². The summed E-state index contributed by atoms with van der Waals surface area (Å²) in [5, 5.41) is 2.56. The molecule has 0 spiro atoms. The van der Waals surface area contributed by atoms with Crippen molar-refractivity contribution in [3.05, 3.63) is 223 Å². The minimum atomic E-state index is -0.390. The average molecular weight is 765 g/mol. The molecule has 0 N–H and O–H groups in total. The van der Waals surface area contributed by atoms with Crippen LogP contribution in [0.5, 0.6) is 0 Å². The van der Waals surface area contributed by atoms with Gasteiger partial charge >= 0.3 is 6.85 Å². The molecule has 0 fully saturated rings. The zero-order valence-electron chi connectivity index (χ0n) is 33.7. The standard InChI is InChI=1S/C57H41BN2/c1-57(2)48-36-42(38-20-7-3-8-21-38)34-46(40-24-11-5-12-25-40)54(48)60(55-47(41-26-13-6-14-27-41)35-43(37-49(55)57)39-22-9-4-10-23-39)58-50-30-16-18-33-53(50)59-52-32-17-15-28-44(52)45-29-19-31-51(58)56(45)59/h3-37H,1-2H3. The molecule has 0 amide bonds. The van der Waals surface area contributed by atoms with Crippen LogP contribution >= 0.6 is 0 Å². The van der Waals surface area contributed by atoms with Gasteiger partial charge in [0.15, 0.2) is 0 Å². The molecule has 12 rings (SSSR count). The van der Waals surface area contributed by atoms with E-state index in [4.69, 9.17) is 0 Å². The lowest BCUT2D eigenvalue weighted by Crippen LogP contribution is -2.60. The SMILES string of the molecule is CC1(C)c2cc(-c3ccccc3)cc(-c3ccccc3)c2N(B2c3ccccc3-n3c4ccccc4c4cccc2c43)c2c(-c3ccccc3)cc(-c3ccccc3)cc21. The number of benzene rings is 9. The highest BCUT2D eigenvalue weighted by atomic mass is 15.1. The van der Waals surface area contributed by atoms with Crippen LogP contribution in [0.1, 0.15) is 25.0 Å². The molecule has 2 aliphatic heterocycles. The molecule has 2 nitrogen and oxygen atoms in total. The fourth-order valence-corrected chi connectivity index (χ4v) is 10.4. The van der Waals surface area contributed by atoms with E-state index in [0.29, 0.717) is 0 Å². The molecule has 0 radical (unpaired) electrons. The fourth-order valence-electron chi connectivity index (χ4n) is 10.4. The number of aromatic nitrogens is 1. The van der Waals surface area contributed by atoms with Gasteiger partial charge in [0, 0.05) is 44.4 Å². The first-order chi connectivity index (χ1) is 29.6. The monoisotopic (exact) mass is 764 g/mol. The second kappa shape index (κ2) is 13.3. The molecular weight excluding hydrogens is 723 g/mol. The van der Waals surface area contributed by atoms with Crippen LogP contribution in [-0.2, 0) is 5.41 Å². The second-order valence-electron chi connectivity index (χ2n) is 16.9.